The minimum Gasteiger partial charge on any atom is -0.497 e. The monoisotopic (exact) mass is 665 g/mol. The zero-order valence-electron chi connectivity index (χ0n) is 28.1. The number of ether oxygens (including phenoxy) is 5. The molecule has 0 aliphatic carbocycles. The molecule has 49 heavy (non-hydrogen) atoms. The Morgan fingerprint density at radius 3 is 2.43 bits per heavy atom. The van der Waals surface area contributed by atoms with Gasteiger partial charge in [0, 0.05) is 31.6 Å². The molecule has 1 aliphatic rings. The first-order valence-corrected chi connectivity index (χ1v) is 16.2. The van der Waals surface area contributed by atoms with Crippen LogP contribution in [0.5, 0.6) is 23.0 Å². The lowest BCUT2D eigenvalue weighted by atomic mass is 9.84. The number of nitrogens with one attached hydrogen (secondary N) is 2. The average Bonchev–Trinajstić information content (AvgIpc) is 3.54. The highest BCUT2D eigenvalue weighted by atomic mass is 16.5. The molecule has 0 saturated heterocycles. The van der Waals surface area contributed by atoms with Crippen molar-refractivity contribution in [2.45, 2.75) is 30.9 Å². The van der Waals surface area contributed by atoms with Crippen LogP contribution in [0.3, 0.4) is 0 Å². The van der Waals surface area contributed by atoms with Crippen LogP contribution in [0.25, 0.3) is 6.08 Å². The van der Waals surface area contributed by atoms with Gasteiger partial charge < -0.3 is 28.8 Å². The molecular formula is C39H43N3O7. The van der Waals surface area contributed by atoms with Gasteiger partial charge in [0.2, 0.25) is 5.90 Å². The lowest BCUT2D eigenvalue weighted by Crippen LogP contribution is -2.52. The number of aliphatic hydroxyl groups excluding tert-OH is 1. The van der Waals surface area contributed by atoms with E-state index < -0.39 is 11.6 Å². The lowest BCUT2D eigenvalue weighted by molar-refractivity contribution is -0.129. The Balaban J connectivity index is 1.45. The maximum Gasteiger partial charge on any atom is 0.266 e. The molecule has 2 atom stereocenters. The van der Waals surface area contributed by atoms with Gasteiger partial charge in [-0.2, -0.15) is 0 Å². The number of aliphatic imine (C=N–C) groups is 1. The van der Waals surface area contributed by atoms with Crippen molar-refractivity contribution in [3.8, 4) is 23.0 Å². The maximum absolute atomic E-state index is 14.4. The van der Waals surface area contributed by atoms with Gasteiger partial charge in [-0.25, -0.2) is 10.4 Å². The molecule has 0 fully saturated rings. The topological polar surface area (TPSA) is 120 Å². The summed E-state index contributed by atoms with van der Waals surface area (Å²) in [4.78, 5) is 19.5. The molecule has 0 unspecified atom stereocenters. The number of benzene rings is 4. The predicted molar refractivity (Wildman–Crippen MR) is 189 cm³/mol. The number of hydrazine groups is 1. The molecule has 1 amide bonds. The molecule has 0 aromatic heterocycles. The number of amides is 1. The van der Waals surface area contributed by atoms with Crippen molar-refractivity contribution in [2.75, 3.05) is 41.1 Å². The molecule has 10 nitrogen and oxygen atoms in total. The van der Waals surface area contributed by atoms with Gasteiger partial charge >= 0.3 is 0 Å². The summed E-state index contributed by atoms with van der Waals surface area (Å²) in [6, 6.07) is 30.5. The Kier molecular flexibility index (Phi) is 12.3. The molecule has 1 heterocycles. The summed E-state index contributed by atoms with van der Waals surface area (Å²) in [6.45, 7) is 0.916. The van der Waals surface area contributed by atoms with E-state index in [9.17, 15) is 4.79 Å². The van der Waals surface area contributed by atoms with Crippen LogP contribution in [0, 0.1) is 0 Å². The van der Waals surface area contributed by atoms with E-state index in [1.54, 1.807) is 21.3 Å². The molecule has 10 heteroatoms. The zero-order valence-corrected chi connectivity index (χ0v) is 28.1. The zero-order chi connectivity index (χ0) is 34.5. The third kappa shape index (κ3) is 8.78. The Hall–Kier alpha value is -5.32. The first-order chi connectivity index (χ1) is 24.0. The number of carbonyl (C=O) groups excluding carboxylic acids is 1. The molecular weight excluding hydrogens is 622 g/mol. The van der Waals surface area contributed by atoms with E-state index >= 15 is 0 Å². The van der Waals surface area contributed by atoms with Crippen molar-refractivity contribution in [3.05, 3.63) is 125 Å². The Morgan fingerprint density at radius 1 is 0.898 bits per heavy atom. The maximum atomic E-state index is 14.4. The van der Waals surface area contributed by atoms with E-state index in [-0.39, 0.29) is 18.9 Å². The van der Waals surface area contributed by atoms with Crippen molar-refractivity contribution in [3.63, 3.8) is 0 Å². The van der Waals surface area contributed by atoms with Gasteiger partial charge in [-0.15, -0.1) is 0 Å². The van der Waals surface area contributed by atoms with Crippen LogP contribution in [0.4, 0.5) is 0 Å². The van der Waals surface area contributed by atoms with Crippen LogP contribution in [0.15, 0.2) is 108 Å². The quantitative estimate of drug-likeness (QED) is 0.0972. The average molecular weight is 666 g/mol. The fourth-order valence-corrected chi connectivity index (χ4v) is 5.55. The van der Waals surface area contributed by atoms with E-state index in [0.717, 1.165) is 16.7 Å². The molecule has 256 valence electrons. The van der Waals surface area contributed by atoms with Gasteiger partial charge in [0.25, 0.3) is 5.91 Å². The Bertz CT molecular complexity index is 1730. The second kappa shape index (κ2) is 17.2. The Morgan fingerprint density at radius 2 is 1.69 bits per heavy atom. The van der Waals surface area contributed by atoms with Crippen LogP contribution in [0.2, 0.25) is 0 Å². The fourth-order valence-electron chi connectivity index (χ4n) is 5.55. The molecule has 4 aromatic rings. The summed E-state index contributed by atoms with van der Waals surface area (Å²) in [5.41, 5.74) is 8.14. The van der Waals surface area contributed by atoms with Crippen molar-refractivity contribution in [1.29, 1.82) is 0 Å². The highest BCUT2D eigenvalue weighted by Gasteiger charge is 2.52. The third-order valence-electron chi connectivity index (χ3n) is 8.15. The molecule has 5 rings (SSSR count). The standard InChI is InChI=1S/C39H43N3O7/c1-45-33-14-7-13-31(27-33)36-39(22-8-12-28-10-5-4-6-11-28,41-37(49-36)30-16-18-32(19-17-30)48-25-9-24-43)38(44)42-40-23-21-29-15-20-34(46-2)35(26-29)47-3/h4-8,10-20,26-27,36,40,43H,9,21-25H2,1-3H3,(H,42,44)/b12-8+/t36-,39-/m0/s1. The SMILES string of the molecule is COc1cccc([C@@H]2OC(c3ccc(OCCCO)cc3)=N[C@]2(C/C=C/c2ccccc2)C(=O)NNCCc2ccc(OC)c(OC)c2)c1. The third-order valence-corrected chi connectivity index (χ3v) is 8.15. The normalized spacial score (nSPS) is 16.9. The minimum atomic E-state index is -1.38. The first-order valence-electron chi connectivity index (χ1n) is 16.2. The van der Waals surface area contributed by atoms with Crippen LogP contribution in [-0.2, 0) is 16.0 Å². The highest BCUT2D eigenvalue weighted by Crippen LogP contribution is 2.43. The lowest BCUT2D eigenvalue weighted by Gasteiger charge is -2.30. The summed E-state index contributed by atoms with van der Waals surface area (Å²) < 4.78 is 28.7. The van der Waals surface area contributed by atoms with Crippen LogP contribution < -0.4 is 29.8 Å². The van der Waals surface area contributed by atoms with Crippen molar-refractivity contribution >= 4 is 17.9 Å². The number of rotatable bonds is 17. The summed E-state index contributed by atoms with van der Waals surface area (Å²) in [5.74, 6) is 2.59. The van der Waals surface area contributed by atoms with E-state index in [1.165, 1.54) is 0 Å². The van der Waals surface area contributed by atoms with Gasteiger partial charge in [-0.3, -0.25) is 10.2 Å². The number of hydrogen-bond donors (Lipinski definition) is 3. The molecule has 0 saturated carbocycles. The number of methoxy groups -OCH3 is 3. The van der Waals surface area contributed by atoms with E-state index in [4.69, 9.17) is 33.8 Å². The van der Waals surface area contributed by atoms with Gasteiger partial charge in [0.1, 0.15) is 11.5 Å². The highest BCUT2D eigenvalue weighted by molar-refractivity contribution is 6.01. The molecule has 3 N–H and O–H groups in total. The summed E-state index contributed by atoms with van der Waals surface area (Å²) >= 11 is 0. The largest absolute Gasteiger partial charge is 0.497 e. The predicted octanol–water partition coefficient (Wildman–Crippen LogP) is 5.70. The van der Waals surface area contributed by atoms with Gasteiger partial charge in [-0.05, 0) is 71.6 Å². The van der Waals surface area contributed by atoms with Gasteiger partial charge in [-0.1, -0.05) is 60.7 Å². The van der Waals surface area contributed by atoms with Crippen LogP contribution in [-0.4, -0.2) is 63.5 Å². The van der Waals surface area contributed by atoms with Crippen LogP contribution in [0.1, 0.15) is 41.2 Å². The molecule has 0 bridgehead atoms. The number of hydrogen-bond acceptors (Lipinski definition) is 9. The van der Waals surface area contributed by atoms with Gasteiger partial charge in [0.15, 0.2) is 23.1 Å². The van der Waals surface area contributed by atoms with Crippen molar-refractivity contribution in [1.82, 2.24) is 10.9 Å². The number of carbonyl (C=O) groups is 1. The van der Waals surface area contributed by atoms with Crippen molar-refractivity contribution in [2.24, 2.45) is 4.99 Å². The second-order valence-electron chi connectivity index (χ2n) is 11.4. The van der Waals surface area contributed by atoms with E-state index in [0.29, 0.717) is 60.5 Å². The smallest absolute Gasteiger partial charge is 0.266 e. The van der Waals surface area contributed by atoms with Crippen LogP contribution >= 0.6 is 0 Å². The second-order valence-corrected chi connectivity index (χ2v) is 11.4. The summed E-state index contributed by atoms with van der Waals surface area (Å²) in [6.07, 6.45) is 4.58. The first kappa shape index (κ1) is 35.0. The fraction of sp³-hybridized carbons (Fsp3) is 0.282. The minimum absolute atomic E-state index is 0.0579. The number of aliphatic hydroxyl groups is 1. The molecule has 0 spiro atoms. The molecule has 0 radical (unpaired) electrons. The van der Waals surface area contributed by atoms with E-state index in [1.807, 2.05) is 109 Å². The molecule has 1 aliphatic heterocycles. The summed E-state index contributed by atoms with van der Waals surface area (Å²) in [7, 11) is 4.80. The van der Waals surface area contributed by atoms with E-state index in [2.05, 4.69) is 10.9 Å². The Labute approximate surface area is 287 Å². The van der Waals surface area contributed by atoms with Gasteiger partial charge in [0.05, 0.1) is 27.9 Å². The number of nitrogens with zero attached hydrogens (tertiary/aromatic N) is 1. The molecule has 4 aromatic carbocycles. The van der Waals surface area contributed by atoms with Crippen molar-refractivity contribution < 1.29 is 33.6 Å². The summed E-state index contributed by atoms with van der Waals surface area (Å²) in [5, 5.41) is 9.09.